The number of esters is 1. The predicted molar refractivity (Wildman–Crippen MR) is 111 cm³/mol. The van der Waals surface area contributed by atoms with E-state index in [9.17, 15) is 25.2 Å². The number of hydrogen-bond donors (Lipinski definition) is 4. The predicted octanol–water partition coefficient (Wildman–Crippen LogP) is 2.72. The van der Waals surface area contributed by atoms with E-state index in [0.717, 1.165) is 32.1 Å². The van der Waals surface area contributed by atoms with Crippen LogP contribution in [-0.4, -0.2) is 57.4 Å². The Kier molecular flexibility index (Phi) is 7.93. The van der Waals surface area contributed by atoms with Crippen molar-refractivity contribution in [2.75, 3.05) is 13.2 Å². The molecule has 0 aliphatic heterocycles. The Hall–Kier alpha value is -0.950. The minimum absolute atomic E-state index is 0.205. The van der Waals surface area contributed by atoms with Crippen molar-refractivity contribution in [1.29, 1.82) is 0 Å². The molecular formula is C23H40O6. The standard InChI is InChI=1S/C23H40O6/c1-5-6-7-8-9-10-19(27)29-17-13-16(14-24)23(28,15-25)22(4)18(26)11-12-21(2,3)20(17)22/h13,17-18,20,24-26,28H,5-12,14-15H2,1-4H3/t17-,18-,20-,22-,23-/m1/s1. The van der Waals surface area contributed by atoms with Gasteiger partial charge < -0.3 is 25.2 Å². The van der Waals surface area contributed by atoms with Crippen LogP contribution >= 0.6 is 0 Å². The summed E-state index contributed by atoms with van der Waals surface area (Å²) >= 11 is 0. The Morgan fingerprint density at radius 1 is 1.17 bits per heavy atom. The van der Waals surface area contributed by atoms with E-state index < -0.39 is 42.4 Å². The summed E-state index contributed by atoms with van der Waals surface area (Å²) in [6.07, 6.45) is 6.73. The van der Waals surface area contributed by atoms with Crippen molar-refractivity contribution >= 4 is 5.97 Å². The summed E-state index contributed by atoms with van der Waals surface area (Å²) in [6.45, 7) is 6.89. The van der Waals surface area contributed by atoms with Gasteiger partial charge in [0.25, 0.3) is 0 Å². The Morgan fingerprint density at radius 3 is 2.41 bits per heavy atom. The van der Waals surface area contributed by atoms with Crippen LogP contribution in [0.25, 0.3) is 0 Å². The van der Waals surface area contributed by atoms with Crippen molar-refractivity contribution in [1.82, 2.24) is 0 Å². The van der Waals surface area contributed by atoms with Crippen LogP contribution in [0.4, 0.5) is 0 Å². The Morgan fingerprint density at radius 2 is 1.83 bits per heavy atom. The summed E-state index contributed by atoms with van der Waals surface area (Å²) in [4.78, 5) is 12.6. The van der Waals surface area contributed by atoms with Gasteiger partial charge in [-0.3, -0.25) is 4.79 Å². The number of hydrogen-bond acceptors (Lipinski definition) is 6. The van der Waals surface area contributed by atoms with Gasteiger partial charge in [0.05, 0.1) is 19.3 Å². The summed E-state index contributed by atoms with van der Waals surface area (Å²) in [5.41, 5.74) is -3.05. The molecule has 1 fully saturated rings. The van der Waals surface area contributed by atoms with Gasteiger partial charge in [-0.15, -0.1) is 0 Å². The molecular weight excluding hydrogens is 372 g/mol. The molecule has 0 aromatic heterocycles. The van der Waals surface area contributed by atoms with Gasteiger partial charge in [0.1, 0.15) is 11.7 Å². The molecule has 0 radical (unpaired) electrons. The molecule has 0 saturated heterocycles. The van der Waals surface area contributed by atoms with Gasteiger partial charge in [0.15, 0.2) is 0 Å². The molecule has 6 nitrogen and oxygen atoms in total. The third kappa shape index (κ3) is 4.41. The maximum Gasteiger partial charge on any atom is 0.306 e. The smallest absolute Gasteiger partial charge is 0.306 e. The maximum atomic E-state index is 12.6. The number of aliphatic hydroxyl groups excluding tert-OH is 3. The Balaban J connectivity index is 2.31. The molecule has 0 aromatic carbocycles. The van der Waals surface area contributed by atoms with E-state index in [1.807, 2.05) is 13.8 Å². The number of carbonyl (C=O) groups is 1. The van der Waals surface area contributed by atoms with E-state index in [-0.39, 0.29) is 17.0 Å². The highest BCUT2D eigenvalue weighted by Gasteiger charge is 2.67. The molecule has 0 unspecified atom stereocenters. The van der Waals surface area contributed by atoms with Gasteiger partial charge in [0.2, 0.25) is 0 Å². The third-order valence-corrected chi connectivity index (χ3v) is 7.51. The average molecular weight is 413 g/mol. The largest absolute Gasteiger partial charge is 0.458 e. The molecule has 168 valence electrons. The van der Waals surface area contributed by atoms with Gasteiger partial charge >= 0.3 is 5.97 Å². The molecule has 2 aliphatic rings. The quantitative estimate of drug-likeness (QED) is 0.264. The molecule has 0 amide bonds. The number of unbranched alkanes of at least 4 members (excludes halogenated alkanes) is 4. The summed E-state index contributed by atoms with van der Waals surface area (Å²) in [5.74, 6) is -0.692. The number of rotatable bonds is 9. The van der Waals surface area contributed by atoms with E-state index in [4.69, 9.17) is 4.74 Å². The van der Waals surface area contributed by atoms with Crippen LogP contribution in [-0.2, 0) is 9.53 Å². The monoisotopic (exact) mass is 412 g/mol. The highest BCUT2D eigenvalue weighted by molar-refractivity contribution is 5.69. The van der Waals surface area contributed by atoms with Gasteiger partial charge in [-0.25, -0.2) is 0 Å². The highest BCUT2D eigenvalue weighted by Crippen LogP contribution is 2.61. The van der Waals surface area contributed by atoms with Gasteiger partial charge in [-0.2, -0.15) is 0 Å². The molecule has 0 aromatic rings. The Bertz CT molecular complexity index is 600. The number of aliphatic hydroxyl groups is 4. The topological polar surface area (TPSA) is 107 Å². The van der Waals surface area contributed by atoms with Gasteiger partial charge in [-0.05, 0) is 36.3 Å². The molecule has 2 aliphatic carbocycles. The maximum absolute atomic E-state index is 12.6. The van der Waals surface area contributed by atoms with Crippen LogP contribution in [0.15, 0.2) is 11.6 Å². The van der Waals surface area contributed by atoms with Crippen LogP contribution in [0.1, 0.15) is 79.1 Å². The summed E-state index contributed by atoms with van der Waals surface area (Å²) in [6, 6.07) is 0. The lowest BCUT2D eigenvalue weighted by Crippen LogP contribution is -2.70. The van der Waals surface area contributed by atoms with Crippen LogP contribution in [0.2, 0.25) is 0 Å². The minimum Gasteiger partial charge on any atom is -0.458 e. The third-order valence-electron chi connectivity index (χ3n) is 7.51. The summed E-state index contributed by atoms with van der Waals surface area (Å²) in [5, 5.41) is 42.3. The average Bonchev–Trinajstić information content (AvgIpc) is 2.67. The number of carbonyl (C=O) groups excluding carboxylic acids is 1. The SMILES string of the molecule is CCCCCCCC(=O)O[C@@H]1C=C(CO)[C@](O)(CO)[C@]2(C)[C@H](O)CCC(C)(C)[C@@H]12. The van der Waals surface area contributed by atoms with Crippen molar-refractivity contribution < 1.29 is 30.0 Å². The van der Waals surface area contributed by atoms with Crippen LogP contribution in [0, 0.1) is 16.7 Å². The lowest BCUT2D eigenvalue weighted by Gasteiger charge is -2.63. The van der Waals surface area contributed by atoms with Crippen LogP contribution < -0.4 is 0 Å². The van der Waals surface area contributed by atoms with E-state index in [2.05, 4.69) is 6.92 Å². The fourth-order valence-corrected chi connectivity index (χ4v) is 5.72. The Labute approximate surface area is 175 Å². The van der Waals surface area contributed by atoms with Crippen molar-refractivity contribution in [3.05, 3.63) is 11.6 Å². The van der Waals surface area contributed by atoms with Crippen molar-refractivity contribution in [2.24, 2.45) is 16.7 Å². The number of ether oxygens (including phenoxy) is 1. The molecule has 29 heavy (non-hydrogen) atoms. The highest BCUT2D eigenvalue weighted by atomic mass is 16.5. The molecule has 4 N–H and O–H groups in total. The van der Waals surface area contributed by atoms with Crippen LogP contribution in [0.3, 0.4) is 0 Å². The molecule has 1 saturated carbocycles. The summed E-state index contributed by atoms with van der Waals surface area (Å²) < 4.78 is 5.86. The second-order valence-electron chi connectivity index (χ2n) is 9.79. The first-order valence-electron chi connectivity index (χ1n) is 11.1. The fraction of sp³-hybridized carbons (Fsp3) is 0.870. The fourth-order valence-electron chi connectivity index (χ4n) is 5.72. The molecule has 2 rings (SSSR count). The lowest BCUT2D eigenvalue weighted by molar-refractivity contribution is -0.237. The van der Waals surface area contributed by atoms with E-state index >= 15 is 0 Å². The van der Waals surface area contributed by atoms with Crippen molar-refractivity contribution in [2.45, 2.75) is 96.9 Å². The normalized spacial score (nSPS) is 36.3. The molecule has 0 heterocycles. The molecule has 5 atom stereocenters. The van der Waals surface area contributed by atoms with E-state index in [0.29, 0.717) is 19.3 Å². The zero-order chi connectivity index (χ0) is 21.9. The summed E-state index contributed by atoms with van der Waals surface area (Å²) in [7, 11) is 0. The second kappa shape index (κ2) is 9.46. The second-order valence-corrected chi connectivity index (χ2v) is 9.79. The lowest BCUT2D eigenvalue weighted by atomic mass is 9.45. The van der Waals surface area contributed by atoms with Gasteiger partial charge in [-0.1, -0.05) is 53.4 Å². The van der Waals surface area contributed by atoms with Crippen molar-refractivity contribution in [3.8, 4) is 0 Å². The van der Waals surface area contributed by atoms with Gasteiger partial charge in [0, 0.05) is 17.8 Å². The first-order chi connectivity index (χ1) is 13.6. The first kappa shape index (κ1) is 24.3. The molecule has 6 heteroatoms. The zero-order valence-electron chi connectivity index (χ0n) is 18.5. The first-order valence-corrected chi connectivity index (χ1v) is 11.1. The van der Waals surface area contributed by atoms with E-state index in [1.54, 1.807) is 13.0 Å². The molecule has 0 spiro atoms. The number of fused-ring (bicyclic) bond motifs is 1. The zero-order valence-corrected chi connectivity index (χ0v) is 18.5. The minimum atomic E-state index is -1.77. The molecule has 0 bridgehead atoms. The van der Waals surface area contributed by atoms with E-state index in [1.165, 1.54) is 0 Å². The van der Waals surface area contributed by atoms with Crippen molar-refractivity contribution in [3.63, 3.8) is 0 Å². The van der Waals surface area contributed by atoms with Crippen LogP contribution in [0.5, 0.6) is 0 Å².